The molecule has 2 aromatic rings. The SMILES string of the molecule is CC(NS(=O)(=O)c1ccc(Cl)cc1F)c1cccnc1. The Morgan fingerprint density at radius 2 is 2.10 bits per heavy atom. The molecule has 2 rings (SSSR count). The number of sulfonamides is 1. The van der Waals surface area contributed by atoms with E-state index in [2.05, 4.69) is 9.71 Å². The highest BCUT2D eigenvalue weighted by Crippen LogP contribution is 2.21. The normalized spacial score (nSPS) is 13.2. The summed E-state index contributed by atoms with van der Waals surface area (Å²) in [6.07, 6.45) is 3.13. The molecule has 0 bridgehead atoms. The average molecular weight is 315 g/mol. The molecule has 1 aromatic heterocycles. The Labute approximate surface area is 121 Å². The van der Waals surface area contributed by atoms with Crippen LogP contribution in [0.5, 0.6) is 0 Å². The highest BCUT2D eigenvalue weighted by atomic mass is 35.5. The van der Waals surface area contributed by atoms with Crippen molar-refractivity contribution in [1.29, 1.82) is 0 Å². The van der Waals surface area contributed by atoms with Crippen molar-refractivity contribution in [2.45, 2.75) is 17.9 Å². The molecule has 0 spiro atoms. The van der Waals surface area contributed by atoms with Gasteiger partial charge in [0.05, 0.1) is 0 Å². The lowest BCUT2D eigenvalue weighted by Gasteiger charge is -2.14. The van der Waals surface area contributed by atoms with E-state index in [1.807, 2.05) is 0 Å². The van der Waals surface area contributed by atoms with Crippen molar-refractivity contribution < 1.29 is 12.8 Å². The zero-order valence-electron chi connectivity index (χ0n) is 10.5. The quantitative estimate of drug-likeness (QED) is 0.944. The van der Waals surface area contributed by atoms with Gasteiger partial charge < -0.3 is 0 Å². The van der Waals surface area contributed by atoms with Crippen LogP contribution in [0.25, 0.3) is 0 Å². The first-order valence-electron chi connectivity index (χ1n) is 5.77. The van der Waals surface area contributed by atoms with Crippen LogP contribution in [-0.4, -0.2) is 13.4 Å². The molecule has 1 aromatic carbocycles. The molecule has 1 heterocycles. The van der Waals surface area contributed by atoms with Crippen molar-refractivity contribution >= 4 is 21.6 Å². The van der Waals surface area contributed by atoms with Gasteiger partial charge in [0, 0.05) is 23.5 Å². The molecule has 7 heteroatoms. The number of nitrogens with one attached hydrogen (secondary N) is 1. The summed E-state index contributed by atoms with van der Waals surface area (Å²) in [4.78, 5) is 3.48. The van der Waals surface area contributed by atoms with Crippen LogP contribution >= 0.6 is 11.6 Å². The summed E-state index contributed by atoms with van der Waals surface area (Å²) >= 11 is 5.61. The molecule has 0 saturated heterocycles. The molecular formula is C13H12ClFN2O2S. The number of hydrogen-bond donors (Lipinski definition) is 1. The Balaban J connectivity index is 2.28. The zero-order chi connectivity index (χ0) is 14.8. The smallest absolute Gasteiger partial charge is 0.244 e. The molecular weight excluding hydrogens is 303 g/mol. The fourth-order valence-electron chi connectivity index (χ4n) is 1.69. The van der Waals surface area contributed by atoms with Gasteiger partial charge in [0.15, 0.2) is 0 Å². The molecule has 0 saturated carbocycles. The van der Waals surface area contributed by atoms with Crippen LogP contribution in [-0.2, 0) is 10.0 Å². The molecule has 0 aliphatic carbocycles. The Kier molecular flexibility index (Phi) is 4.37. The second-order valence-corrected chi connectivity index (χ2v) is 6.32. The minimum absolute atomic E-state index is 0.141. The van der Waals surface area contributed by atoms with Gasteiger partial charge in [-0.3, -0.25) is 4.98 Å². The van der Waals surface area contributed by atoms with Crippen LogP contribution in [0.4, 0.5) is 4.39 Å². The van der Waals surface area contributed by atoms with Crippen LogP contribution in [0.15, 0.2) is 47.6 Å². The largest absolute Gasteiger partial charge is 0.264 e. The number of nitrogens with zero attached hydrogens (tertiary/aromatic N) is 1. The molecule has 1 N–H and O–H groups in total. The van der Waals surface area contributed by atoms with Gasteiger partial charge in [0.25, 0.3) is 0 Å². The van der Waals surface area contributed by atoms with E-state index in [1.165, 1.54) is 6.07 Å². The second-order valence-electron chi connectivity index (χ2n) is 4.20. The van der Waals surface area contributed by atoms with Crippen LogP contribution in [0.2, 0.25) is 5.02 Å². The topological polar surface area (TPSA) is 59.1 Å². The number of hydrogen-bond acceptors (Lipinski definition) is 3. The predicted molar refractivity (Wildman–Crippen MR) is 74.4 cm³/mol. The number of benzene rings is 1. The third kappa shape index (κ3) is 3.33. The Hall–Kier alpha value is -1.50. The van der Waals surface area contributed by atoms with E-state index in [4.69, 9.17) is 11.6 Å². The Bertz CT molecular complexity index is 708. The number of rotatable bonds is 4. The summed E-state index contributed by atoms with van der Waals surface area (Å²) in [7, 11) is -3.97. The molecule has 20 heavy (non-hydrogen) atoms. The highest BCUT2D eigenvalue weighted by molar-refractivity contribution is 7.89. The maximum atomic E-state index is 13.7. The summed E-state index contributed by atoms with van der Waals surface area (Å²) in [5.74, 6) is -0.886. The molecule has 0 fully saturated rings. The van der Waals surface area contributed by atoms with Gasteiger partial charge in [-0.25, -0.2) is 17.5 Å². The molecule has 106 valence electrons. The lowest BCUT2D eigenvalue weighted by molar-refractivity contribution is 0.547. The first-order chi connectivity index (χ1) is 9.40. The van der Waals surface area contributed by atoms with E-state index in [0.717, 1.165) is 12.1 Å². The van der Waals surface area contributed by atoms with Gasteiger partial charge in [0.1, 0.15) is 10.7 Å². The van der Waals surface area contributed by atoms with Crippen molar-refractivity contribution in [3.63, 3.8) is 0 Å². The van der Waals surface area contributed by atoms with Crippen LogP contribution in [0.1, 0.15) is 18.5 Å². The van der Waals surface area contributed by atoms with Gasteiger partial charge in [-0.15, -0.1) is 0 Å². The minimum Gasteiger partial charge on any atom is -0.264 e. The van der Waals surface area contributed by atoms with Gasteiger partial charge in [-0.05, 0) is 36.8 Å². The number of aromatic nitrogens is 1. The second kappa shape index (κ2) is 5.87. The highest BCUT2D eigenvalue weighted by Gasteiger charge is 2.22. The number of pyridine rings is 1. The fraction of sp³-hybridized carbons (Fsp3) is 0.154. The summed E-state index contributed by atoms with van der Waals surface area (Å²) in [6, 6.07) is 6.33. The van der Waals surface area contributed by atoms with E-state index in [1.54, 1.807) is 31.5 Å². The van der Waals surface area contributed by atoms with E-state index >= 15 is 0 Å². The Morgan fingerprint density at radius 1 is 1.35 bits per heavy atom. The first-order valence-corrected chi connectivity index (χ1v) is 7.63. The third-order valence-electron chi connectivity index (χ3n) is 2.70. The van der Waals surface area contributed by atoms with Crippen molar-refractivity contribution in [3.05, 3.63) is 59.1 Å². The fourth-order valence-corrected chi connectivity index (χ4v) is 3.14. The van der Waals surface area contributed by atoms with E-state index in [9.17, 15) is 12.8 Å². The van der Waals surface area contributed by atoms with E-state index in [0.29, 0.717) is 5.56 Å². The molecule has 1 unspecified atom stereocenters. The maximum absolute atomic E-state index is 13.7. The molecule has 0 radical (unpaired) electrons. The van der Waals surface area contributed by atoms with Crippen molar-refractivity contribution in [1.82, 2.24) is 9.71 Å². The van der Waals surface area contributed by atoms with Crippen LogP contribution in [0, 0.1) is 5.82 Å². The monoisotopic (exact) mass is 314 g/mol. The lowest BCUT2D eigenvalue weighted by atomic mass is 10.2. The predicted octanol–water partition coefficient (Wildman–Crippen LogP) is 2.91. The van der Waals surface area contributed by atoms with Gasteiger partial charge >= 0.3 is 0 Å². The summed E-state index contributed by atoms with van der Waals surface area (Å²) < 4.78 is 40.3. The third-order valence-corrected chi connectivity index (χ3v) is 4.51. The molecule has 1 atom stereocenters. The van der Waals surface area contributed by atoms with Crippen LogP contribution in [0.3, 0.4) is 0 Å². The Morgan fingerprint density at radius 3 is 2.70 bits per heavy atom. The van der Waals surface area contributed by atoms with Crippen molar-refractivity contribution in [2.24, 2.45) is 0 Å². The average Bonchev–Trinajstić information content (AvgIpc) is 2.38. The zero-order valence-corrected chi connectivity index (χ0v) is 12.1. The summed E-state index contributed by atoms with van der Waals surface area (Å²) in [5.41, 5.74) is 0.686. The van der Waals surface area contributed by atoms with Gasteiger partial charge in [-0.1, -0.05) is 17.7 Å². The van der Waals surface area contributed by atoms with Gasteiger partial charge in [-0.2, -0.15) is 0 Å². The maximum Gasteiger partial charge on any atom is 0.244 e. The molecule has 0 aliphatic heterocycles. The van der Waals surface area contributed by atoms with E-state index in [-0.39, 0.29) is 5.02 Å². The van der Waals surface area contributed by atoms with Crippen LogP contribution < -0.4 is 4.72 Å². The summed E-state index contributed by atoms with van der Waals surface area (Å²) in [5, 5.41) is 0.141. The number of halogens is 2. The standard InChI is InChI=1S/C13H12ClFN2O2S/c1-9(10-3-2-6-16-8-10)17-20(18,19)13-5-4-11(14)7-12(13)15/h2-9,17H,1H3. The molecule has 4 nitrogen and oxygen atoms in total. The molecule has 0 amide bonds. The van der Waals surface area contributed by atoms with Gasteiger partial charge in [0.2, 0.25) is 10.0 Å². The van der Waals surface area contributed by atoms with Crippen molar-refractivity contribution in [3.8, 4) is 0 Å². The minimum atomic E-state index is -3.97. The van der Waals surface area contributed by atoms with E-state index < -0.39 is 26.8 Å². The molecule has 0 aliphatic rings. The lowest BCUT2D eigenvalue weighted by Crippen LogP contribution is -2.27. The van der Waals surface area contributed by atoms with Crippen molar-refractivity contribution in [2.75, 3.05) is 0 Å². The first kappa shape index (κ1) is 14.9. The summed E-state index contributed by atoms with van der Waals surface area (Å²) in [6.45, 7) is 1.66.